The highest BCUT2D eigenvalue weighted by Gasteiger charge is 2.25. The Morgan fingerprint density at radius 1 is 1.50 bits per heavy atom. The summed E-state index contributed by atoms with van der Waals surface area (Å²) in [5.41, 5.74) is 5.36. The zero-order valence-corrected chi connectivity index (χ0v) is 13.0. The van der Waals surface area contributed by atoms with Gasteiger partial charge in [-0.25, -0.2) is 0 Å². The van der Waals surface area contributed by atoms with E-state index in [-0.39, 0.29) is 12.5 Å². The van der Waals surface area contributed by atoms with Crippen molar-refractivity contribution in [2.45, 2.75) is 32.7 Å². The fraction of sp³-hybridized carbons (Fsp3) is 0.533. The van der Waals surface area contributed by atoms with Crippen LogP contribution in [0.15, 0.2) is 24.3 Å². The van der Waals surface area contributed by atoms with E-state index in [1.54, 1.807) is 24.3 Å². The highest BCUT2D eigenvalue weighted by Crippen LogP contribution is 2.18. The summed E-state index contributed by atoms with van der Waals surface area (Å²) in [5, 5.41) is 3.52. The van der Waals surface area contributed by atoms with Crippen LogP contribution in [0.25, 0.3) is 0 Å². The summed E-state index contributed by atoms with van der Waals surface area (Å²) in [5.74, 6) is 0.849. The van der Waals surface area contributed by atoms with Crippen LogP contribution in [0.3, 0.4) is 0 Å². The molecule has 3 N–H and O–H groups in total. The molecule has 112 valence electrons. The monoisotopic (exact) mass is 298 g/mol. The van der Waals surface area contributed by atoms with Gasteiger partial charge in [-0.3, -0.25) is 4.79 Å². The fourth-order valence-electron chi connectivity index (χ4n) is 2.16. The van der Waals surface area contributed by atoms with Crippen LogP contribution in [0, 0.1) is 5.92 Å². The first-order chi connectivity index (χ1) is 9.34. The van der Waals surface area contributed by atoms with Gasteiger partial charge in [0, 0.05) is 17.1 Å². The summed E-state index contributed by atoms with van der Waals surface area (Å²) >= 11 is 5.85. The summed E-state index contributed by atoms with van der Waals surface area (Å²) in [6, 6.07) is 6.96. The molecule has 0 spiro atoms. The molecule has 0 aliphatic heterocycles. The van der Waals surface area contributed by atoms with E-state index >= 15 is 0 Å². The molecule has 1 atom stereocenters. The van der Waals surface area contributed by atoms with Gasteiger partial charge in [0.15, 0.2) is 6.61 Å². The Morgan fingerprint density at radius 3 is 2.75 bits per heavy atom. The van der Waals surface area contributed by atoms with E-state index in [2.05, 4.69) is 19.2 Å². The van der Waals surface area contributed by atoms with E-state index in [0.717, 1.165) is 6.42 Å². The Labute approximate surface area is 125 Å². The fourth-order valence-corrected chi connectivity index (χ4v) is 2.35. The molecule has 1 rings (SSSR count). The van der Waals surface area contributed by atoms with Crippen molar-refractivity contribution in [1.29, 1.82) is 0 Å². The van der Waals surface area contributed by atoms with Gasteiger partial charge in [0.05, 0.1) is 0 Å². The van der Waals surface area contributed by atoms with Crippen LogP contribution < -0.4 is 15.8 Å². The number of nitrogens with two attached hydrogens (primary N) is 1. The molecule has 1 unspecified atom stereocenters. The second kappa shape index (κ2) is 7.50. The number of rotatable bonds is 7. The predicted octanol–water partition coefficient (Wildman–Crippen LogP) is 2.60. The molecule has 0 saturated carbocycles. The molecule has 0 radical (unpaired) electrons. The molecule has 0 aromatic heterocycles. The molecule has 0 fully saturated rings. The minimum absolute atomic E-state index is 0.0476. The molecule has 4 nitrogen and oxygen atoms in total. The van der Waals surface area contributed by atoms with E-state index in [4.69, 9.17) is 22.1 Å². The van der Waals surface area contributed by atoms with Crippen LogP contribution in [0.2, 0.25) is 5.02 Å². The Morgan fingerprint density at radius 2 is 2.20 bits per heavy atom. The lowest BCUT2D eigenvalue weighted by atomic mass is 9.91. The Kier molecular flexibility index (Phi) is 6.30. The first kappa shape index (κ1) is 16.8. The summed E-state index contributed by atoms with van der Waals surface area (Å²) < 4.78 is 5.41. The summed E-state index contributed by atoms with van der Waals surface area (Å²) in [7, 11) is 0. The highest BCUT2D eigenvalue weighted by atomic mass is 35.5. The van der Waals surface area contributed by atoms with Gasteiger partial charge in [-0.15, -0.1) is 0 Å². The molecule has 0 saturated heterocycles. The van der Waals surface area contributed by atoms with Gasteiger partial charge in [0.1, 0.15) is 5.75 Å². The van der Waals surface area contributed by atoms with Crippen LogP contribution in [0.1, 0.15) is 27.2 Å². The van der Waals surface area contributed by atoms with Crippen molar-refractivity contribution in [3.63, 3.8) is 0 Å². The van der Waals surface area contributed by atoms with E-state index in [0.29, 0.717) is 23.2 Å². The maximum atomic E-state index is 11.9. The van der Waals surface area contributed by atoms with Crippen molar-refractivity contribution < 1.29 is 9.53 Å². The molecule has 5 heteroatoms. The number of halogens is 1. The van der Waals surface area contributed by atoms with E-state index in [9.17, 15) is 4.79 Å². The Hall–Kier alpha value is -1.26. The van der Waals surface area contributed by atoms with E-state index in [1.165, 1.54) is 0 Å². The largest absolute Gasteiger partial charge is 0.484 e. The summed E-state index contributed by atoms with van der Waals surface area (Å²) in [6.45, 7) is 6.50. The van der Waals surface area contributed by atoms with Gasteiger partial charge >= 0.3 is 0 Å². The molecule has 0 bridgehead atoms. The number of benzene rings is 1. The van der Waals surface area contributed by atoms with E-state index < -0.39 is 5.54 Å². The van der Waals surface area contributed by atoms with Gasteiger partial charge in [-0.2, -0.15) is 0 Å². The van der Waals surface area contributed by atoms with Gasteiger partial charge < -0.3 is 15.8 Å². The number of amides is 1. The molecule has 1 amide bonds. The van der Waals surface area contributed by atoms with Gasteiger partial charge in [0.2, 0.25) is 0 Å². The number of nitrogens with one attached hydrogen (secondary N) is 1. The minimum atomic E-state index is -0.400. The highest BCUT2D eigenvalue weighted by molar-refractivity contribution is 6.30. The zero-order valence-electron chi connectivity index (χ0n) is 12.3. The molecule has 1 aromatic carbocycles. The Bertz CT molecular complexity index is 451. The maximum Gasteiger partial charge on any atom is 0.258 e. The van der Waals surface area contributed by atoms with Crippen LogP contribution in [-0.2, 0) is 4.79 Å². The standard InChI is InChI=1S/C15H23ClN2O2/c1-11(2)8-15(3,10-17)18-14(19)9-20-13-6-4-5-12(16)7-13/h4-7,11H,8-10,17H2,1-3H3,(H,18,19). The molecule has 0 aliphatic rings. The predicted molar refractivity (Wildman–Crippen MR) is 82.0 cm³/mol. The zero-order chi connectivity index (χ0) is 15.2. The third kappa shape index (κ3) is 5.80. The Balaban J connectivity index is 2.50. The molecule has 1 aromatic rings. The SMILES string of the molecule is CC(C)CC(C)(CN)NC(=O)COc1cccc(Cl)c1. The second-order valence-corrected chi connectivity index (χ2v) is 6.09. The molecular formula is C15H23ClN2O2. The first-order valence-electron chi connectivity index (χ1n) is 6.74. The van der Waals surface area contributed by atoms with Crippen molar-refractivity contribution in [3.8, 4) is 5.75 Å². The molecular weight excluding hydrogens is 276 g/mol. The van der Waals surface area contributed by atoms with Crippen LogP contribution in [0.4, 0.5) is 0 Å². The molecule has 20 heavy (non-hydrogen) atoms. The third-order valence-corrected chi connectivity index (χ3v) is 3.15. The van der Waals surface area contributed by atoms with Crippen LogP contribution >= 0.6 is 11.6 Å². The van der Waals surface area contributed by atoms with Crippen LogP contribution in [0.5, 0.6) is 5.75 Å². The van der Waals surface area contributed by atoms with E-state index in [1.807, 2.05) is 6.92 Å². The van der Waals surface area contributed by atoms with Gasteiger partial charge in [0.25, 0.3) is 5.91 Å². The van der Waals surface area contributed by atoms with Crippen molar-refractivity contribution in [2.24, 2.45) is 11.7 Å². The summed E-state index contributed by atoms with van der Waals surface area (Å²) in [4.78, 5) is 11.9. The number of hydrogen-bond acceptors (Lipinski definition) is 3. The lowest BCUT2D eigenvalue weighted by Gasteiger charge is -2.31. The quantitative estimate of drug-likeness (QED) is 0.813. The van der Waals surface area contributed by atoms with Crippen molar-refractivity contribution in [1.82, 2.24) is 5.32 Å². The smallest absolute Gasteiger partial charge is 0.258 e. The normalized spacial score (nSPS) is 13.9. The lowest BCUT2D eigenvalue weighted by Crippen LogP contribution is -2.53. The van der Waals surface area contributed by atoms with Crippen molar-refractivity contribution >= 4 is 17.5 Å². The number of carbonyl (C=O) groups excluding carboxylic acids is 1. The van der Waals surface area contributed by atoms with Gasteiger partial charge in [-0.1, -0.05) is 31.5 Å². The molecule has 0 aliphatic carbocycles. The average Bonchev–Trinajstić information content (AvgIpc) is 2.35. The number of hydrogen-bond donors (Lipinski definition) is 2. The molecule has 0 heterocycles. The van der Waals surface area contributed by atoms with Gasteiger partial charge in [-0.05, 0) is 37.5 Å². The second-order valence-electron chi connectivity index (χ2n) is 5.66. The lowest BCUT2D eigenvalue weighted by molar-refractivity contribution is -0.125. The van der Waals surface area contributed by atoms with Crippen LogP contribution in [-0.4, -0.2) is 24.6 Å². The third-order valence-electron chi connectivity index (χ3n) is 2.92. The summed E-state index contributed by atoms with van der Waals surface area (Å²) in [6.07, 6.45) is 0.826. The topological polar surface area (TPSA) is 64.3 Å². The number of carbonyl (C=O) groups is 1. The minimum Gasteiger partial charge on any atom is -0.484 e. The first-order valence-corrected chi connectivity index (χ1v) is 7.12. The maximum absolute atomic E-state index is 11.9. The van der Waals surface area contributed by atoms with Crippen molar-refractivity contribution in [3.05, 3.63) is 29.3 Å². The number of ether oxygens (including phenoxy) is 1. The average molecular weight is 299 g/mol. The van der Waals surface area contributed by atoms with Crippen molar-refractivity contribution in [2.75, 3.05) is 13.2 Å².